The van der Waals surface area contributed by atoms with E-state index in [0.717, 1.165) is 35.4 Å². The van der Waals surface area contributed by atoms with E-state index >= 15 is 0 Å². The second-order valence-corrected chi connectivity index (χ2v) is 4.99. The van der Waals surface area contributed by atoms with Gasteiger partial charge >= 0.3 is 0 Å². The number of hydrogen-bond donors (Lipinski definition) is 2. The van der Waals surface area contributed by atoms with E-state index in [-0.39, 0.29) is 0 Å². The number of aromatic nitrogens is 1. The van der Waals surface area contributed by atoms with Crippen LogP contribution in [0.3, 0.4) is 0 Å². The highest BCUT2D eigenvalue weighted by Gasteiger charge is 2.12. The summed E-state index contributed by atoms with van der Waals surface area (Å²) in [4.78, 5) is 6.96. The van der Waals surface area contributed by atoms with Crippen LogP contribution < -0.4 is 11.3 Å². The monoisotopic (exact) mass is 258 g/mol. The highest BCUT2D eigenvalue weighted by atomic mass is 15.3. The van der Waals surface area contributed by atoms with Crippen molar-refractivity contribution in [3.63, 3.8) is 0 Å². The quantitative estimate of drug-likeness (QED) is 0.639. The van der Waals surface area contributed by atoms with E-state index in [9.17, 15) is 0 Å². The summed E-state index contributed by atoms with van der Waals surface area (Å²) in [5.41, 5.74) is 4.82. The molecule has 1 aromatic heterocycles. The number of fused-ring (bicyclic) bond motifs is 1. The molecule has 4 nitrogen and oxygen atoms in total. The van der Waals surface area contributed by atoms with Gasteiger partial charge in [0.15, 0.2) is 0 Å². The van der Waals surface area contributed by atoms with Crippen LogP contribution >= 0.6 is 0 Å². The minimum absolute atomic E-state index is 0.502. The van der Waals surface area contributed by atoms with Gasteiger partial charge in [0.1, 0.15) is 5.82 Å². The first-order chi connectivity index (χ1) is 9.15. The van der Waals surface area contributed by atoms with Crippen molar-refractivity contribution in [2.45, 2.75) is 33.4 Å². The molecule has 0 bridgehead atoms. The molecule has 0 radical (unpaired) electrons. The molecule has 102 valence electrons. The van der Waals surface area contributed by atoms with E-state index in [0.29, 0.717) is 6.04 Å². The zero-order valence-electron chi connectivity index (χ0n) is 11.9. The molecule has 0 atom stereocenters. The number of pyridine rings is 1. The highest BCUT2D eigenvalue weighted by Crippen LogP contribution is 2.21. The van der Waals surface area contributed by atoms with Crippen LogP contribution in [0.2, 0.25) is 0 Å². The SMILES string of the molecule is CCN(Cc1cc2ccccc2nc1NN)C(C)C. The molecule has 3 N–H and O–H groups in total. The minimum atomic E-state index is 0.502. The summed E-state index contributed by atoms with van der Waals surface area (Å²) >= 11 is 0. The van der Waals surface area contributed by atoms with Crippen LogP contribution in [0.5, 0.6) is 0 Å². The molecule has 0 saturated carbocycles. The molecule has 1 aromatic carbocycles. The first-order valence-electron chi connectivity index (χ1n) is 6.75. The van der Waals surface area contributed by atoms with Crippen LogP contribution in [0.1, 0.15) is 26.3 Å². The Labute approximate surface area is 114 Å². The van der Waals surface area contributed by atoms with Crippen molar-refractivity contribution in [1.29, 1.82) is 0 Å². The molecule has 2 rings (SSSR count). The van der Waals surface area contributed by atoms with Crippen molar-refractivity contribution in [2.24, 2.45) is 5.84 Å². The van der Waals surface area contributed by atoms with Crippen molar-refractivity contribution in [3.8, 4) is 0 Å². The Morgan fingerprint density at radius 3 is 2.68 bits per heavy atom. The summed E-state index contributed by atoms with van der Waals surface area (Å²) in [6.07, 6.45) is 0. The molecule has 1 heterocycles. The Morgan fingerprint density at radius 1 is 1.32 bits per heavy atom. The summed E-state index contributed by atoms with van der Waals surface area (Å²) in [7, 11) is 0. The predicted molar refractivity (Wildman–Crippen MR) is 80.8 cm³/mol. The Balaban J connectivity index is 2.40. The Bertz CT molecular complexity index is 551. The van der Waals surface area contributed by atoms with Crippen LogP contribution in [0.15, 0.2) is 30.3 Å². The van der Waals surface area contributed by atoms with Gasteiger partial charge in [-0.1, -0.05) is 25.1 Å². The maximum absolute atomic E-state index is 5.60. The average molecular weight is 258 g/mol. The molecule has 0 aliphatic heterocycles. The largest absolute Gasteiger partial charge is 0.308 e. The summed E-state index contributed by atoms with van der Waals surface area (Å²) in [5.74, 6) is 6.37. The molecule has 0 fully saturated rings. The molecule has 19 heavy (non-hydrogen) atoms. The van der Waals surface area contributed by atoms with Gasteiger partial charge in [-0.15, -0.1) is 0 Å². The van der Waals surface area contributed by atoms with Gasteiger partial charge < -0.3 is 5.43 Å². The van der Waals surface area contributed by atoms with Crippen LogP contribution in [-0.4, -0.2) is 22.5 Å². The fraction of sp³-hybridized carbons (Fsp3) is 0.400. The third kappa shape index (κ3) is 3.03. The molecule has 0 unspecified atom stereocenters. The Kier molecular flexibility index (Phi) is 4.35. The van der Waals surface area contributed by atoms with Crippen molar-refractivity contribution < 1.29 is 0 Å². The van der Waals surface area contributed by atoms with Crippen molar-refractivity contribution in [3.05, 3.63) is 35.9 Å². The molecular formula is C15H22N4. The van der Waals surface area contributed by atoms with Gasteiger partial charge in [-0.3, -0.25) is 4.90 Å². The zero-order chi connectivity index (χ0) is 13.8. The van der Waals surface area contributed by atoms with Gasteiger partial charge in [-0.25, -0.2) is 10.8 Å². The van der Waals surface area contributed by atoms with Crippen LogP contribution in [0.25, 0.3) is 10.9 Å². The summed E-state index contributed by atoms with van der Waals surface area (Å²) in [6.45, 7) is 8.44. The maximum atomic E-state index is 5.60. The lowest BCUT2D eigenvalue weighted by molar-refractivity contribution is 0.225. The van der Waals surface area contributed by atoms with E-state index in [1.165, 1.54) is 0 Å². The van der Waals surface area contributed by atoms with Crippen LogP contribution in [-0.2, 0) is 6.54 Å². The lowest BCUT2D eigenvalue weighted by Crippen LogP contribution is -2.30. The first kappa shape index (κ1) is 13.8. The number of rotatable bonds is 5. The number of nitrogens with zero attached hydrogens (tertiary/aromatic N) is 2. The highest BCUT2D eigenvalue weighted by molar-refractivity contribution is 5.81. The fourth-order valence-corrected chi connectivity index (χ4v) is 2.28. The second kappa shape index (κ2) is 5.99. The van der Waals surface area contributed by atoms with Gasteiger partial charge in [0, 0.05) is 23.5 Å². The molecule has 0 aliphatic carbocycles. The van der Waals surface area contributed by atoms with E-state index < -0.39 is 0 Å². The predicted octanol–water partition coefficient (Wildman–Crippen LogP) is 2.75. The number of nitrogens with one attached hydrogen (secondary N) is 1. The van der Waals surface area contributed by atoms with E-state index in [1.54, 1.807) is 0 Å². The van der Waals surface area contributed by atoms with Gasteiger partial charge in [0.25, 0.3) is 0 Å². The number of benzene rings is 1. The normalized spacial score (nSPS) is 11.5. The zero-order valence-corrected chi connectivity index (χ0v) is 11.9. The Hall–Kier alpha value is -1.65. The number of hydrazine groups is 1. The fourth-order valence-electron chi connectivity index (χ4n) is 2.28. The van der Waals surface area contributed by atoms with E-state index in [1.807, 2.05) is 18.2 Å². The number of hydrogen-bond acceptors (Lipinski definition) is 4. The lowest BCUT2D eigenvalue weighted by atomic mass is 10.1. The molecule has 0 saturated heterocycles. The van der Waals surface area contributed by atoms with E-state index in [4.69, 9.17) is 5.84 Å². The topological polar surface area (TPSA) is 54.2 Å². The average Bonchev–Trinajstić information content (AvgIpc) is 2.43. The third-order valence-corrected chi connectivity index (χ3v) is 3.45. The van der Waals surface area contributed by atoms with E-state index in [2.05, 4.69) is 48.2 Å². The van der Waals surface area contributed by atoms with Crippen molar-refractivity contribution in [2.75, 3.05) is 12.0 Å². The standard InChI is InChI=1S/C15H22N4/c1-4-19(11(2)3)10-13-9-12-7-5-6-8-14(12)17-15(13)18-16/h5-9,11H,4,10,16H2,1-3H3,(H,17,18). The number of nitrogens with two attached hydrogens (primary N) is 1. The first-order valence-corrected chi connectivity index (χ1v) is 6.75. The number of para-hydroxylation sites is 1. The lowest BCUT2D eigenvalue weighted by Gasteiger charge is -2.25. The molecule has 2 aromatic rings. The molecule has 0 aliphatic rings. The molecule has 0 spiro atoms. The second-order valence-electron chi connectivity index (χ2n) is 4.99. The van der Waals surface area contributed by atoms with Crippen molar-refractivity contribution >= 4 is 16.7 Å². The maximum Gasteiger partial charge on any atom is 0.145 e. The van der Waals surface area contributed by atoms with Crippen LogP contribution in [0.4, 0.5) is 5.82 Å². The van der Waals surface area contributed by atoms with Crippen LogP contribution in [0, 0.1) is 0 Å². The summed E-state index contributed by atoms with van der Waals surface area (Å²) in [5, 5.41) is 1.15. The summed E-state index contributed by atoms with van der Waals surface area (Å²) in [6, 6.07) is 10.8. The molecular weight excluding hydrogens is 236 g/mol. The molecule has 0 amide bonds. The Morgan fingerprint density at radius 2 is 2.05 bits per heavy atom. The number of anilines is 1. The molecule has 4 heteroatoms. The smallest absolute Gasteiger partial charge is 0.145 e. The minimum Gasteiger partial charge on any atom is -0.308 e. The summed E-state index contributed by atoms with van der Waals surface area (Å²) < 4.78 is 0. The third-order valence-electron chi connectivity index (χ3n) is 3.45. The van der Waals surface area contributed by atoms with Gasteiger partial charge in [-0.2, -0.15) is 0 Å². The van der Waals surface area contributed by atoms with Gasteiger partial charge in [0.2, 0.25) is 0 Å². The van der Waals surface area contributed by atoms with Crippen molar-refractivity contribution in [1.82, 2.24) is 9.88 Å². The van der Waals surface area contributed by atoms with Gasteiger partial charge in [0.05, 0.1) is 5.52 Å². The number of nitrogen functional groups attached to an aromatic ring is 1. The van der Waals surface area contributed by atoms with Gasteiger partial charge in [-0.05, 0) is 32.5 Å².